The predicted octanol–water partition coefficient (Wildman–Crippen LogP) is 3.55. The minimum absolute atomic E-state index is 0. The highest BCUT2D eigenvalue weighted by molar-refractivity contribution is 14.0. The molecule has 0 spiro atoms. The van der Waals surface area contributed by atoms with Crippen LogP contribution in [0.25, 0.3) is 5.69 Å². The number of hydrogen-bond acceptors (Lipinski definition) is 3. The molecule has 1 aromatic heterocycles. The summed E-state index contributed by atoms with van der Waals surface area (Å²) in [4.78, 5) is 9.76. The van der Waals surface area contributed by atoms with Gasteiger partial charge in [0, 0.05) is 44.8 Å². The topological polar surface area (TPSA) is 48.7 Å². The Bertz CT molecular complexity index is 787. The maximum atomic E-state index is 13.1. The zero-order chi connectivity index (χ0) is 20.6. The smallest absolute Gasteiger partial charge is 0.193 e. The Hall–Kier alpha value is -1.68. The lowest BCUT2D eigenvalue weighted by Crippen LogP contribution is -2.43. The van der Waals surface area contributed by atoms with Gasteiger partial charge < -0.3 is 10.2 Å². The monoisotopic (exact) mass is 528 g/mol. The number of aliphatic imine (C=N–C) groups is 1. The third-order valence-electron chi connectivity index (χ3n) is 5.49. The number of nitrogens with zero attached hydrogens (tertiary/aromatic N) is 5. The summed E-state index contributed by atoms with van der Waals surface area (Å²) in [5.41, 5.74) is 1.84. The van der Waals surface area contributed by atoms with Crippen LogP contribution < -0.4 is 5.32 Å². The fourth-order valence-electron chi connectivity index (χ4n) is 3.91. The van der Waals surface area contributed by atoms with Crippen molar-refractivity contribution in [2.24, 2.45) is 4.99 Å². The SMILES string of the molecule is CCNC(=NCCc1ccn(-c2ccc(F)cc2)n1)N1CCC(N(CC)CC)C1.I. The molecule has 0 aliphatic carbocycles. The van der Waals surface area contributed by atoms with Crippen molar-refractivity contribution in [3.8, 4) is 5.69 Å². The Labute approximate surface area is 196 Å². The van der Waals surface area contributed by atoms with E-state index in [-0.39, 0.29) is 29.8 Å². The average molecular weight is 528 g/mol. The van der Waals surface area contributed by atoms with E-state index in [9.17, 15) is 4.39 Å². The first-order valence-electron chi connectivity index (χ1n) is 10.7. The van der Waals surface area contributed by atoms with Gasteiger partial charge in [-0.15, -0.1) is 24.0 Å². The number of halogens is 2. The molecule has 3 rings (SSSR count). The van der Waals surface area contributed by atoms with Crippen LogP contribution in [0.15, 0.2) is 41.5 Å². The maximum Gasteiger partial charge on any atom is 0.193 e. The molecule has 0 saturated carbocycles. The molecule has 2 heterocycles. The molecular weight excluding hydrogens is 494 g/mol. The molecule has 1 aliphatic heterocycles. The number of rotatable bonds is 8. The molecule has 1 N–H and O–H groups in total. The van der Waals surface area contributed by atoms with E-state index < -0.39 is 0 Å². The van der Waals surface area contributed by atoms with Crippen molar-refractivity contribution < 1.29 is 4.39 Å². The van der Waals surface area contributed by atoms with Crippen LogP contribution in [0, 0.1) is 5.82 Å². The second kappa shape index (κ2) is 12.2. The standard InChI is InChI=1S/C22H33FN6.HI/c1-4-24-22(28-15-13-21(17-28)27(5-2)6-3)25-14-11-19-12-16-29(26-19)20-9-7-18(23)8-10-20;/h7-10,12,16,21H,4-6,11,13-15,17H2,1-3H3,(H,24,25);1H. The third-order valence-corrected chi connectivity index (χ3v) is 5.49. The van der Waals surface area contributed by atoms with E-state index in [4.69, 9.17) is 4.99 Å². The molecule has 6 nitrogen and oxygen atoms in total. The van der Waals surface area contributed by atoms with Crippen molar-refractivity contribution in [2.75, 3.05) is 39.3 Å². The van der Waals surface area contributed by atoms with Crippen molar-refractivity contribution in [3.05, 3.63) is 48.0 Å². The van der Waals surface area contributed by atoms with Crippen molar-refractivity contribution in [2.45, 2.75) is 39.7 Å². The predicted molar refractivity (Wildman–Crippen MR) is 132 cm³/mol. The van der Waals surface area contributed by atoms with Crippen LogP contribution in [0.2, 0.25) is 0 Å². The highest BCUT2D eigenvalue weighted by atomic mass is 127. The van der Waals surface area contributed by atoms with Crippen LogP contribution in [-0.2, 0) is 6.42 Å². The summed E-state index contributed by atoms with van der Waals surface area (Å²) >= 11 is 0. The van der Waals surface area contributed by atoms with Crippen molar-refractivity contribution in [3.63, 3.8) is 0 Å². The van der Waals surface area contributed by atoms with Crippen LogP contribution in [0.3, 0.4) is 0 Å². The van der Waals surface area contributed by atoms with Crippen molar-refractivity contribution in [1.82, 2.24) is 24.9 Å². The van der Waals surface area contributed by atoms with Crippen LogP contribution in [0.5, 0.6) is 0 Å². The molecule has 1 unspecified atom stereocenters. The molecule has 1 aliphatic rings. The summed E-state index contributed by atoms with van der Waals surface area (Å²) in [5, 5.41) is 8.03. The lowest BCUT2D eigenvalue weighted by atomic mass is 10.2. The summed E-state index contributed by atoms with van der Waals surface area (Å²) in [5.74, 6) is 0.761. The van der Waals surface area contributed by atoms with E-state index in [0.29, 0.717) is 12.6 Å². The molecule has 1 saturated heterocycles. The quantitative estimate of drug-likeness (QED) is 0.324. The van der Waals surface area contributed by atoms with Crippen LogP contribution in [0.1, 0.15) is 32.9 Å². The van der Waals surface area contributed by atoms with Gasteiger partial charge in [-0.3, -0.25) is 9.89 Å². The van der Waals surface area contributed by atoms with Gasteiger partial charge >= 0.3 is 0 Å². The Kier molecular flexibility index (Phi) is 10.0. The largest absolute Gasteiger partial charge is 0.357 e. The Morgan fingerprint density at radius 3 is 2.60 bits per heavy atom. The highest BCUT2D eigenvalue weighted by Gasteiger charge is 2.27. The molecule has 1 aromatic carbocycles. The summed E-state index contributed by atoms with van der Waals surface area (Å²) < 4.78 is 14.9. The van der Waals surface area contributed by atoms with E-state index in [1.54, 1.807) is 16.8 Å². The lowest BCUT2D eigenvalue weighted by Gasteiger charge is -2.27. The highest BCUT2D eigenvalue weighted by Crippen LogP contribution is 2.16. The third kappa shape index (κ3) is 6.41. The van der Waals surface area contributed by atoms with E-state index in [1.807, 2.05) is 12.3 Å². The molecule has 1 fully saturated rings. The average Bonchev–Trinajstić information content (AvgIpc) is 3.39. The first-order valence-corrected chi connectivity index (χ1v) is 10.7. The zero-order valence-electron chi connectivity index (χ0n) is 18.2. The van der Waals surface area contributed by atoms with Crippen LogP contribution >= 0.6 is 24.0 Å². The summed E-state index contributed by atoms with van der Waals surface area (Å²) in [7, 11) is 0. The zero-order valence-corrected chi connectivity index (χ0v) is 20.6. The second-order valence-electron chi connectivity index (χ2n) is 7.32. The number of guanidine groups is 1. The minimum Gasteiger partial charge on any atom is -0.357 e. The fraction of sp³-hybridized carbons (Fsp3) is 0.545. The number of nitrogens with one attached hydrogen (secondary N) is 1. The Balaban J connectivity index is 0.00000320. The van der Waals surface area contributed by atoms with Gasteiger partial charge in [0.15, 0.2) is 5.96 Å². The molecule has 1 atom stereocenters. The fourth-order valence-corrected chi connectivity index (χ4v) is 3.91. The number of hydrogen-bond donors (Lipinski definition) is 1. The van der Waals surface area contributed by atoms with E-state index in [1.165, 1.54) is 18.6 Å². The van der Waals surface area contributed by atoms with Crippen molar-refractivity contribution >= 4 is 29.9 Å². The lowest BCUT2D eigenvalue weighted by molar-refractivity contribution is 0.223. The van der Waals surface area contributed by atoms with Gasteiger partial charge in [0.25, 0.3) is 0 Å². The number of likely N-dealkylation sites (N-methyl/N-ethyl adjacent to an activating group) is 1. The van der Waals surface area contributed by atoms with Crippen molar-refractivity contribution in [1.29, 1.82) is 0 Å². The van der Waals surface area contributed by atoms with E-state index in [2.05, 4.69) is 41.0 Å². The van der Waals surface area contributed by atoms with Gasteiger partial charge in [-0.25, -0.2) is 9.07 Å². The summed E-state index contributed by atoms with van der Waals surface area (Å²) in [6.45, 7) is 12.4. The molecule has 2 aromatic rings. The Morgan fingerprint density at radius 2 is 1.93 bits per heavy atom. The van der Waals surface area contributed by atoms with Crippen LogP contribution in [-0.4, -0.2) is 70.9 Å². The number of benzene rings is 1. The van der Waals surface area contributed by atoms with Gasteiger partial charge in [-0.1, -0.05) is 13.8 Å². The first kappa shape index (κ1) is 24.6. The maximum absolute atomic E-state index is 13.1. The molecule has 8 heteroatoms. The molecular formula is C22H34FIN6. The second-order valence-corrected chi connectivity index (χ2v) is 7.32. The molecule has 166 valence electrons. The van der Waals surface area contributed by atoms with Gasteiger partial charge in [0.05, 0.1) is 11.4 Å². The van der Waals surface area contributed by atoms with E-state index in [0.717, 1.165) is 56.5 Å². The van der Waals surface area contributed by atoms with Gasteiger partial charge in [0.2, 0.25) is 0 Å². The molecule has 0 amide bonds. The number of aromatic nitrogens is 2. The molecule has 0 radical (unpaired) electrons. The summed E-state index contributed by atoms with van der Waals surface area (Å²) in [6, 6.07) is 8.97. The minimum atomic E-state index is -0.239. The number of likely N-dealkylation sites (tertiary alicyclic amines) is 1. The van der Waals surface area contributed by atoms with Gasteiger partial charge in [-0.05, 0) is 56.8 Å². The first-order chi connectivity index (χ1) is 14.1. The van der Waals surface area contributed by atoms with Crippen LogP contribution in [0.4, 0.5) is 4.39 Å². The normalized spacial score (nSPS) is 16.8. The molecule has 0 bridgehead atoms. The summed E-state index contributed by atoms with van der Waals surface area (Å²) in [6.07, 6.45) is 3.87. The molecule has 30 heavy (non-hydrogen) atoms. The van der Waals surface area contributed by atoms with Gasteiger partial charge in [-0.2, -0.15) is 5.10 Å². The Morgan fingerprint density at radius 1 is 1.20 bits per heavy atom. The van der Waals surface area contributed by atoms with Gasteiger partial charge in [0.1, 0.15) is 5.82 Å². The van der Waals surface area contributed by atoms with E-state index >= 15 is 0 Å².